The van der Waals surface area contributed by atoms with E-state index in [-0.39, 0.29) is 27.1 Å². The summed E-state index contributed by atoms with van der Waals surface area (Å²) >= 11 is 12.0. The van der Waals surface area contributed by atoms with Gasteiger partial charge in [0.15, 0.2) is 0 Å². The zero-order chi connectivity index (χ0) is 21.3. The maximum atomic E-state index is 13.2. The minimum absolute atomic E-state index is 0.127. The van der Waals surface area contributed by atoms with Gasteiger partial charge in [0, 0.05) is 30.7 Å². The number of hydrogen-bond donors (Lipinski definition) is 1. The third-order valence-corrected chi connectivity index (χ3v) is 5.17. The molecule has 0 radical (unpaired) electrons. The SMILES string of the molecule is O=C(Nc1c(Cl)cncc1Cl)C(=O)c1cc(Cc2ccc(F)cc2)n2ccccc12. The van der Waals surface area contributed by atoms with Crippen LogP contribution in [0.4, 0.5) is 10.1 Å². The molecule has 0 atom stereocenters. The number of benzene rings is 1. The first-order chi connectivity index (χ1) is 14.4. The van der Waals surface area contributed by atoms with Crippen molar-refractivity contribution < 1.29 is 14.0 Å². The highest BCUT2D eigenvalue weighted by Crippen LogP contribution is 2.29. The van der Waals surface area contributed by atoms with Gasteiger partial charge in [0.05, 0.1) is 26.8 Å². The zero-order valence-electron chi connectivity index (χ0n) is 15.4. The molecular weight excluding hydrogens is 428 g/mol. The number of ketones is 1. The van der Waals surface area contributed by atoms with Gasteiger partial charge in [0.1, 0.15) is 5.82 Å². The average molecular weight is 442 g/mol. The summed E-state index contributed by atoms with van der Waals surface area (Å²) < 4.78 is 15.0. The van der Waals surface area contributed by atoms with Crippen LogP contribution in [0.5, 0.6) is 0 Å². The lowest BCUT2D eigenvalue weighted by atomic mass is 10.1. The monoisotopic (exact) mass is 441 g/mol. The summed E-state index contributed by atoms with van der Waals surface area (Å²) in [6.45, 7) is 0. The second-order valence-corrected chi connectivity index (χ2v) is 7.38. The summed E-state index contributed by atoms with van der Waals surface area (Å²) in [5, 5.41) is 2.72. The lowest BCUT2D eigenvalue weighted by Gasteiger charge is -2.07. The standard InChI is InChI=1S/C22H14Cl2FN3O2/c23-17-11-26-12-18(24)20(17)27-22(30)21(29)16-10-15(28-8-2-1-3-19(16)28)9-13-4-6-14(25)7-5-13/h1-8,10-12H,9H2,(H,26,27,30). The van der Waals surface area contributed by atoms with E-state index >= 15 is 0 Å². The Bertz CT molecular complexity index is 1250. The number of aromatic nitrogens is 2. The smallest absolute Gasteiger partial charge is 0.296 e. The van der Waals surface area contributed by atoms with Crippen LogP contribution in [0.3, 0.4) is 0 Å². The van der Waals surface area contributed by atoms with Crippen molar-refractivity contribution in [1.82, 2.24) is 9.38 Å². The minimum atomic E-state index is -0.866. The van der Waals surface area contributed by atoms with Gasteiger partial charge >= 0.3 is 0 Å². The molecule has 0 spiro atoms. The van der Waals surface area contributed by atoms with Crippen molar-refractivity contribution in [2.45, 2.75) is 6.42 Å². The molecule has 3 heterocycles. The Morgan fingerprint density at radius 1 is 1.03 bits per heavy atom. The fourth-order valence-electron chi connectivity index (χ4n) is 3.18. The van der Waals surface area contributed by atoms with Gasteiger partial charge in [-0.25, -0.2) is 4.39 Å². The highest BCUT2D eigenvalue weighted by Gasteiger charge is 2.23. The van der Waals surface area contributed by atoms with E-state index < -0.39 is 11.7 Å². The van der Waals surface area contributed by atoms with Crippen LogP contribution in [-0.4, -0.2) is 21.1 Å². The topological polar surface area (TPSA) is 63.5 Å². The minimum Gasteiger partial charge on any atom is -0.320 e. The van der Waals surface area contributed by atoms with E-state index in [1.54, 1.807) is 36.5 Å². The largest absolute Gasteiger partial charge is 0.320 e. The molecule has 4 rings (SSSR count). The molecule has 3 aromatic heterocycles. The summed E-state index contributed by atoms with van der Waals surface area (Å²) in [6, 6.07) is 13.1. The highest BCUT2D eigenvalue weighted by molar-refractivity contribution is 6.49. The molecule has 0 saturated heterocycles. The molecule has 4 aromatic rings. The Morgan fingerprint density at radius 2 is 1.73 bits per heavy atom. The van der Waals surface area contributed by atoms with Crippen LogP contribution in [0.1, 0.15) is 21.6 Å². The molecule has 0 aliphatic heterocycles. The number of nitrogens with one attached hydrogen (secondary N) is 1. The molecule has 0 saturated carbocycles. The van der Waals surface area contributed by atoms with E-state index in [0.29, 0.717) is 11.9 Å². The van der Waals surface area contributed by atoms with Crippen LogP contribution in [0.2, 0.25) is 10.0 Å². The van der Waals surface area contributed by atoms with Crippen LogP contribution >= 0.6 is 23.2 Å². The average Bonchev–Trinajstić information content (AvgIpc) is 3.10. The van der Waals surface area contributed by atoms with Crippen LogP contribution in [0, 0.1) is 5.82 Å². The van der Waals surface area contributed by atoms with Gasteiger partial charge in [-0.1, -0.05) is 41.4 Å². The molecule has 1 N–H and O–H groups in total. The summed E-state index contributed by atoms with van der Waals surface area (Å²) in [4.78, 5) is 29.4. The van der Waals surface area contributed by atoms with E-state index in [1.165, 1.54) is 24.5 Å². The molecule has 0 unspecified atom stereocenters. The van der Waals surface area contributed by atoms with E-state index in [0.717, 1.165) is 11.3 Å². The molecule has 0 aliphatic carbocycles. The van der Waals surface area contributed by atoms with Crippen LogP contribution in [0.25, 0.3) is 5.52 Å². The molecule has 5 nitrogen and oxygen atoms in total. The van der Waals surface area contributed by atoms with Crippen molar-refractivity contribution in [3.8, 4) is 0 Å². The lowest BCUT2D eigenvalue weighted by molar-refractivity contribution is -0.112. The van der Waals surface area contributed by atoms with Gasteiger partial charge in [0.25, 0.3) is 11.7 Å². The number of halogens is 3. The quantitative estimate of drug-likeness (QED) is 0.342. The predicted octanol–water partition coefficient (Wildman–Crippen LogP) is 5.19. The van der Waals surface area contributed by atoms with Gasteiger partial charge < -0.3 is 9.72 Å². The molecule has 30 heavy (non-hydrogen) atoms. The number of carbonyl (C=O) groups excluding carboxylic acids is 2. The van der Waals surface area contributed by atoms with Crippen molar-refractivity contribution in [3.05, 3.63) is 99.8 Å². The van der Waals surface area contributed by atoms with Gasteiger partial charge in [0.2, 0.25) is 0 Å². The summed E-state index contributed by atoms with van der Waals surface area (Å²) in [7, 11) is 0. The molecular formula is C22H14Cl2FN3O2. The van der Waals surface area contributed by atoms with Crippen LogP contribution < -0.4 is 5.32 Å². The van der Waals surface area contributed by atoms with Crippen molar-refractivity contribution in [2.75, 3.05) is 5.32 Å². The Morgan fingerprint density at radius 3 is 2.43 bits per heavy atom. The Kier molecular flexibility index (Phi) is 5.53. The van der Waals surface area contributed by atoms with Gasteiger partial charge in [-0.15, -0.1) is 0 Å². The van der Waals surface area contributed by atoms with Crippen molar-refractivity contribution in [1.29, 1.82) is 0 Å². The molecule has 0 aliphatic rings. The van der Waals surface area contributed by atoms with Crippen LogP contribution in [0.15, 0.2) is 67.1 Å². The number of amides is 1. The van der Waals surface area contributed by atoms with Crippen molar-refractivity contribution >= 4 is 46.1 Å². The second-order valence-electron chi connectivity index (χ2n) is 6.57. The van der Waals surface area contributed by atoms with Gasteiger partial charge in [-0.2, -0.15) is 0 Å². The highest BCUT2D eigenvalue weighted by atomic mass is 35.5. The number of Topliss-reactive ketones (excluding diaryl/α,β-unsaturated/α-hetero) is 1. The number of nitrogens with zero attached hydrogens (tertiary/aromatic N) is 2. The summed E-state index contributed by atoms with van der Waals surface area (Å²) in [5.41, 5.74) is 2.61. The van der Waals surface area contributed by atoms with Crippen LogP contribution in [-0.2, 0) is 11.2 Å². The summed E-state index contributed by atoms with van der Waals surface area (Å²) in [6.07, 6.45) is 4.91. The maximum Gasteiger partial charge on any atom is 0.296 e. The molecule has 1 amide bonds. The number of fused-ring (bicyclic) bond motifs is 1. The van der Waals surface area contributed by atoms with E-state index in [1.807, 2.05) is 10.5 Å². The molecule has 0 bridgehead atoms. The third-order valence-electron chi connectivity index (χ3n) is 4.60. The molecule has 8 heteroatoms. The first-order valence-electron chi connectivity index (χ1n) is 8.92. The fraction of sp³-hybridized carbons (Fsp3) is 0.0455. The maximum absolute atomic E-state index is 13.2. The molecule has 1 aromatic carbocycles. The normalized spacial score (nSPS) is 10.9. The number of anilines is 1. The zero-order valence-corrected chi connectivity index (χ0v) is 16.9. The van der Waals surface area contributed by atoms with Crippen molar-refractivity contribution in [3.63, 3.8) is 0 Å². The Hall–Kier alpha value is -3.22. The molecule has 0 fully saturated rings. The number of carbonyl (C=O) groups is 2. The summed E-state index contributed by atoms with van der Waals surface area (Å²) in [5.74, 6) is -1.91. The molecule has 150 valence electrons. The Labute approximate surface area is 181 Å². The second kappa shape index (κ2) is 8.26. The third kappa shape index (κ3) is 3.92. The lowest BCUT2D eigenvalue weighted by Crippen LogP contribution is -2.23. The van der Waals surface area contributed by atoms with Crippen molar-refractivity contribution in [2.24, 2.45) is 0 Å². The Balaban J connectivity index is 1.67. The first-order valence-corrected chi connectivity index (χ1v) is 9.67. The fourth-order valence-corrected chi connectivity index (χ4v) is 3.64. The van der Waals surface area contributed by atoms with E-state index in [9.17, 15) is 14.0 Å². The number of pyridine rings is 2. The number of hydrogen-bond acceptors (Lipinski definition) is 3. The number of rotatable bonds is 5. The van der Waals surface area contributed by atoms with E-state index in [4.69, 9.17) is 23.2 Å². The first kappa shape index (κ1) is 20.1. The predicted molar refractivity (Wildman–Crippen MR) is 114 cm³/mol. The van der Waals surface area contributed by atoms with Gasteiger partial charge in [-0.3, -0.25) is 14.6 Å². The van der Waals surface area contributed by atoms with Gasteiger partial charge in [-0.05, 0) is 35.9 Å². The van der Waals surface area contributed by atoms with E-state index in [2.05, 4.69) is 10.3 Å².